The second-order valence-corrected chi connectivity index (χ2v) is 5.76. The monoisotopic (exact) mass is 250 g/mol. The summed E-state index contributed by atoms with van der Waals surface area (Å²) in [5.41, 5.74) is 1.87. The highest BCUT2D eigenvalue weighted by atomic mass is 19.1. The predicted molar refractivity (Wildman–Crippen MR) is 74.5 cm³/mol. The fraction of sp³-hybridized carbons (Fsp3) is 0.600. The summed E-state index contributed by atoms with van der Waals surface area (Å²) in [6, 6.07) is 5.54. The molecule has 18 heavy (non-hydrogen) atoms. The van der Waals surface area contributed by atoms with E-state index in [0.717, 1.165) is 30.6 Å². The Balaban J connectivity index is 2.49. The van der Waals surface area contributed by atoms with Gasteiger partial charge in [-0.2, -0.15) is 0 Å². The first kappa shape index (κ1) is 13.3. The summed E-state index contributed by atoms with van der Waals surface area (Å²) in [6.07, 6.45) is 2.25. The summed E-state index contributed by atoms with van der Waals surface area (Å²) in [4.78, 5) is 2.23. The molecule has 1 N–H and O–H groups in total. The van der Waals surface area contributed by atoms with Crippen LogP contribution in [0.5, 0.6) is 0 Å². The first-order valence-electron chi connectivity index (χ1n) is 6.70. The Morgan fingerprint density at radius 1 is 1.39 bits per heavy atom. The maximum atomic E-state index is 14.3. The van der Waals surface area contributed by atoms with Crippen LogP contribution >= 0.6 is 0 Å². The molecule has 1 aliphatic rings. The average molecular weight is 250 g/mol. The number of hydrogen-bond acceptors (Lipinski definition) is 2. The van der Waals surface area contributed by atoms with Crippen molar-refractivity contribution in [3.8, 4) is 0 Å². The highest BCUT2D eigenvalue weighted by molar-refractivity contribution is 5.58. The van der Waals surface area contributed by atoms with Crippen molar-refractivity contribution in [2.75, 3.05) is 18.5 Å². The van der Waals surface area contributed by atoms with Gasteiger partial charge in [-0.3, -0.25) is 0 Å². The van der Waals surface area contributed by atoms with Crippen molar-refractivity contribution in [3.63, 3.8) is 0 Å². The van der Waals surface area contributed by atoms with E-state index in [4.69, 9.17) is 0 Å². The molecule has 1 aromatic carbocycles. The zero-order valence-electron chi connectivity index (χ0n) is 11.8. The first-order chi connectivity index (χ1) is 8.47. The number of halogens is 1. The van der Waals surface area contributed by atoms with Gasteiger partial charge in [-0.25, -0.2) is 4.39 Å². The summed E-state index contributed by atoms with van der Waals surface area (Å²) in [5, 5.41) is 3.21. The third-order valence-electron chi connectivity index (χ3n) is 4.09. The van der Waals surface area contributed by atoms with Crippen molar-refractivity contribution in [2.24, 2.45) is 0 Å². The lowest BCUT2D eigenvalue weighted by atomic mass is 9.98. The summed E-state index contributed by atoms with van der Waals surface area (Å²) in [5.74, 6) is -0.107. The van der Waals surface area contributed by atoms with Crippen LogP contribution in [0.4, 0.5) is 10.1 Å². The highest BCUT2D eigenvalue weighted by Gasteiger charge is 2.35. The Morgan fingerprint density at radius 2 is 2.11 bits per heavy atom. The minimum Gasteiger partial charge on any atom is -0.364 e. The van der Waals surface area contributed by atoms with Gasteiger partial charge in [0.2, 0.25) is 0 Å². The smallest absolute Gasteiger partial charge is 0.146 e. The molecule has 0 aliphatic carbocycles. The molecule has 1 fully saturated rings. The summed E-state index contributed by atoms with van der Waals surface area (Å²) in [7, 11) is 1.91. The van der Waals surface area contributed by atoms with E-state index in [1.807, 2.05) is 13.1 Å². The molecule has 2 nitrogen and oxygen atoms in total. The third kappa shape index (κ3) is 2.24. The quantitative estimate of drug-likeness (QED) is 0.883. The number of rotatable bonds is 3. The lowest BCUT2D eigenvalue weighted by Gasteiger charge is -2.36. The molecule has 1 saturated heterocycles. The van der Waals surface area contributed by atoms with Gasteiger partial charge in [-0.05, 0) is 52.3 Å². The molecule has 1 atom stereocenters. The Hall–Kier alpha value is -1.09. The Labute approximate surface area is 109 Å². The number of hydrogen-bond donors (Lipinski definition) is 1. The molecule has 2 rings (SSSR count). The van der Waals surface area contributed by atoms with Crippen LogP contribution in [-0.2, 0) is 0 Å². The average Bonchev–Trinajstić information content (AvgIpc) is 2.67. The van der Waals surface area contributed by atoms with Gasteiger partial charge >= 0.3 is 0 Å². The van der Waals surface area contributed by atoms with E-state index in [-0.39, 0.29) is 17.4 Å². The summed E-state index contributed by atoms with van der Waals surface area (Å²) >= 11 is 0. The van der Waals surface area contributed by atoms with Crippen molar-refractivity contribution in [3.05, 3.63) is 29.6 Å². The van der Waals surface area contributed by atoms with Crippen LogP contribution in [0.2, 0.25) is 0 Å². The molecule has 0 spiro atoms. The molecule has 0 bridgehead atoms. The van der Waals surface area contributed by atoms with E-state index in [9.17, 15) is 4.39 Å². The molecule has 0 radical (unpaired) electrons. The topological polar surface area (TPSA) is 15.3 Å². The van der Waals surface area contributed by atoms with Crippen molar-refractivity contribution in [2.45, 2.75) is 45.2 Å². The fourth-order valence-corrected chi connectivity index (χ4v) is 2.84. The predicted octanol–water partition coefficient (Wildman–Crippen LogP) is 3.48. The van der Waals surface area contributed by atoms with Crippen LogP contribution in [-0.4, -0.2) is 19.1 Å². The Bertz CT molecular complexity index is 429. The number of nitrogens with zero attached hydrogens (tertiary/aromatic N) is 1. The molecule has 0 saturated carbocycles. The van der Waals surface area contributed by atoms with Crippen LogP contribution in [0, 0.1) is 5.82 Å². The Kier molecular flexibility index (Phi) is 3.62. The molecule has 1 heterocycles. The van der Waals surface area contributed by atoms with Crippen molar-refractivity contribution >= 4 is 5.69 Å². The number of para-hydroxylation sites is 1. The molecule has 100 valence electrons. The van der Waals surface area contributed by atoms with E-state index < -0.39 is 0 Å². The van der Waals surface area contributed by atoms with E-state index in [2.05, 4.69) is 31.0 Å². The molecule has 0 amide bonds. The number of benzene rings is 1. The van der Waals surface area contributed by atoms with Crippen LogP contribution in [0.25, 0.3) is 0 Å². The SMILES string of the molecule is CNC(C)c1cccc(F)c1N1CCCC1(C)C. The second kappa shape index (κ2) is 4.88. The summed E-state index contributed by atoms with van der Waals surface area (Å²) in [6.45, 7) is 7.40. The van der Waals surface area contributed by atoms with E-state index in [1.54, 1.807) is 12.1 Å². The largest absolute Gasteiger partial charge is 0.364 e. The van der Waals surface area contributed by atoms with Crippen LogP contribution in [0.15, 0.2) is 18.2 Å². The zero-order valence-corrected chi connectivity index (χ0v) is 11.8. The fourth-order valence-electron chi connectivity index (χ4n) is 2.84. The van der Waals surface area contributed by atoms with Gasteiger partial charge in [0.05, 0.1) is 5.69 Å². The number of anilines is 1. The third-order valence-corrected chi connectivity index (χ3v) is 4.09. The van der Waals surface area contributed by atoms with Gasteiger partial charge in [0.15, 0.2) is 0 Å². The zero-order chi connectivity index (χ0) is 13.3. The van der Waals surface area contributed by atoms with Crippen molar-refractivity contribution in [1.82, 2.24) is 5.32 Å². The van der Waals surface area contributed by atoms with E-state index >= 15 is 0 Å². The van der Waals surface area contributed by atoms with Gasteiger partial charge in [0, 0.05) is 18.1 Å². The van der Waals surface area contributed by atoms with Gasteiger partial charge in [-0.1, -0.05) is 12.1 Å². The minimum atomic E-state index is -0.107. The van der Waals surface area contributed by atoms with Crippen LogP contribution < -0.4 is 10.2 Å². The van der Waals surface area contributed by atoms with E-state index in [1.165, 1.54) is 0 Å². The normalized spacial score (nSPS) is 20.2. The second-order valence-electron chi connectivity index (χ2n) is 5.76. The van der Waals surface area contributed by atoms with Gasteiger partial charge in [-0.15, -0.1) is 0 Å². The molecule has 0 aromatic heterocycles. The molecular formula is C15H23FN2. The standard InChI is InChI=1S/C15H23FN2/c1-11(17-4)12-7-5-8-13(16)14(12)18-10-6-9-15(18,2)3/h5,7-8,11,17H,6,9-10H2,1-4H3. The van der Waals surface area contributed by atoms with Gasteiger partial charge in [0.1, 0.15) is 5.82 Å². The molecule has 3 heteroatoms. The lowest BCUT2D eigenvalue weighted by molar-refractivity contribution is 0.501. The molecule has 1 aromatic rings. The van der Waals surface area contributed by atoms with Crippen molar-refractivity contribution in [1.29, 1.82) is 0 Å². The minimum absolute atomic E-state index is 0.0460. The maximum Gasteiger partial charge on any atom is 0.146 e. The lowest BCUT2D eigenvalue weighted by Crippen LogP contribution is -2.39. The Morgan fingerprint density at radius 3 is 2.67 bits per heavy atom. The molecule has 1 unspecified atom stereocenters. The van der Waals surface area contributed by atoms with Crippen LogP contribution in [0.1, 0.15) is 45.2 Å². The van der Waals surface area contributed by atoms with Crippen molar-refractivity contribution < 1.29 is 4.39 Å². The molecule has 1 aliphatic heterocycles. The van der Waals surface area contributed by atoms with Gasteiger partial charge < -0.3 is 10.2 Å². The highest BCUT2D eigenvalue weighted by Crippen LogP contribution is 2.38. The maximum absolute atomic E-state index is 14.3. The first-order valence-corrected chi connectivity index (χ1v) is 6.70. The van der Waals surface area contributed by atoms with Gasteiger partial charge in [0.25, 0.3) is 0 Å². The van der Waals surface area contributed by atoms with E-state index in [0.29, 0.717) is 0 Å². The van der Waals surface area contributed by atoms with Crippen LogP contribution in [0.3, 0.4) is 0 Å². The molecular weight excluding hydrogens is 227 g/mol. The number of nitrogens with one attached hydrogen (secondary N) is 1. The summed E-state index contributed by atoms with van der Waals surface area (Å²) < 4.78 is 14.3.